The van der Waals surface area contributed by atoms with Crippen molar-refractivity contribution in [2.75, 3.05) is 23.8 Å². The Balaban J connectivity index is 1.76. The standard InChI is InChI=1S/C29H27F2N3O4/c1-4-32-20-9-6-18(7-10-20)29(36)33-21-11-13-25(38-26-12-8-19(30)14-24(26)31)22(15-21)23-17-34(3)28(35)16-27(23)37-5-2/h6-17,32H,4-5H2,1-3H3,(H,33,36). The zero-order valence-electron chi connectivity index (χ0n) is 21.2. The lowest BCUT2D eigenvalue weighted by Crippen LogP contribution is -2.16. The number of carbonyl (C=O) groups is 1. The van der Waals surface area contributed by atoms with Crippen LogP contribution in [0.4, 0.5) is 20.2 Å². The first-order valence-electron chi connectivity index (χ1n) is 12.0. The molecule has 1 heterocycles. The normalized spacial score (nSPS) is 10.7. The molecule has 0 atom stereocenters. The highest BCUT2D eigenvalue weighted by Crippen LogP contribution is 2.40. The second kappa shape index (κ2) is 11.6. The van der Waals surface area contributed by atoms with Crippen LogP contribution in [0.5, 0.6) is 17.2 Å². The minimum absolute atomic E-state index is 0.187. The van der Waals surface area contributed by atoms with Gasteiger partial charge >= 0.3 is 0 Å². The number of ether oxygens (including phenoxy) is 2. The van der Waals surface area contributed by atoms with Crippen molar-refractivity contribution >= 4 is 17.3 Å². The fourth-order valence-electron chi connectivity index (χ4n) is 3.82. The highest BCUT2D eigenvalue weighted by atomic mass is 19.1. The van der Waals surface area contributed by atoms with Gasteiger partial charge in [0.15, 0.2) is 11.6 Å². The van der Waals surface area contributed by atoms with E-state index < -0.39 is 11.6 Å². The highest BCUT2D eigenvalue weighted by Gasteiger charge is 2.18. The Morgan fingerprint density at radius 3 is 2.26 bits per heavy atom. The summed E-state index contributed by atoms with van der Waals surface area (Å²) in [5.74, 6) is -1.62. The topological polar surface area (TPSA) is 81.6 Å². The molecule has 0 aliphatic heterocycles. The number of rotatable bonds is 9. The maximum Gasteiger partial charge on any atom is 0.255 e. The highest BCUT2D eigenvalue weighted by molar-refractivity contribution is 6.05. The van der Waals surface area contributed by atoms with Gasteiger partial charge in [0, 0.05) is 60.0 Å². The largest absolute Gasteiger partial charge is 0.493 e. The Bertz CT molecular complexity index is 1520. The third-order valence-corrected chi connectivity index (χ3v) is 5.66. The minimum Gasteiger partial charge on any atom is -0.493 e. The molecule has 0 radical (unpaired) electrons. The van der Waals surface area contributed by atoms with Crippen LogP contribution < -0.4 is 25.7 Å². The van der Waals surface area contributed by atoms with Crippen LogP contribution >= 0.6 is 0 Å². The van der Waals surface area contributed by atoms with Gasteiger partial charge in [0.2, 0.25) is 0 Å². The molecule has 0 aliphatic carbocycles. The van der Waals surface area contributed by atoms with Gasteiger partial charge in [-0.05, 0) is 68.4 Å². The van der Waals surface area contributed by atoms with E-state index >= 15 is 0 Å². The van der Waals surface area contributed by atoms with E-state index in [1.54, 1.807) is 50.5 Å². The summed E-state index contributed by atoms with van der Waals surface area (Å²) < 4.78 is 40.8. The maximum absolute atomic E-state index is 14.4. The molecule has 4 aromatic rings. The molecule has 0 fully saturated rings. The van der Waals surface area contributed by atoms with Gasteiger partial charge < -0.3 is 24.7 Å². The molecule has 1 amide bonds. The van der Waals surface area contributed by atoms with Crippen molar-refractivity contribution in [1.82, 2.24) is 4.57 Å². The zero-order valence-corrected chi connectivity index (χ0v) is 21.2. The van der Waals surface area contributed by atoms with Gasteiger partial charge in [0.25, 0.3) is 11.5 Å². The molecule has 9 heteroatoms. The summed E-state index contributed by atoms with van der Waals surface area (Å²) >= 11 is 0. The number of hydrogen-bond donors (Lipinski definition) is 2. The van der Waals surface area contributed by atoms with Crippen LogP contribution in [0.15, 0.2) is 77.7 Å². The fourth-order valence-corrected chi connectivity index (χ4v) is 3.82. The number of nitrogens with zero attached hydrogens (tertiary/aromatic N) is 1. The van der Waals surface area contributed by atoms with Gasteiger partial charge in [-0.15, -0.1) is 0 Å². The summed E-state index contributed by atoms with van der Waals surface area (Å²) in [6.45, 7) is 4.82. The van der Waals surface area contributed by atoms with Crippen molar-refractivity contribution in [2.24, 2.45) is 7.05 Å². The maximum atomic E-state index is 14.4. The molecule has 0 aliphatic rings. The predicted molar refractivity (Wildman–Crippen MR) is 143 cm³/mol. The molecule has 3 aromatic carbocycles. The van der Waals surface area contributed by atoms with Crippen molar-refractivity contribution in [1.29, 1.82) is 0 Å². The van der Waals surface area contributed by atoms with Gasteiger partial charge in [0.1, 0.15) is 17.3 Å². The predicted octanol–water partition coefficient (Wildman–Crippen LogP) is 6.21. The van der Waals surface area contributed by atoms with Crippen LogP contribution in [0.25, 0.3) is 11.1 Å². The first kappa shape index (κ1) is 26.4. The fraction of sp³-hybridized carbons (Fsp3) is 0.172. The molecule has 7 nitrogen and oxygen atoms in total. The molecule has 1 aromatic heterocycles. The van der Waals surface area contributed by atoms with Crippen LogP contribution in [0.3, 0.4) is 0 Å². The van der Waals surface area contributed by atoms with Crippen molar-refractivity contribution in [3.63, 3.8) is 0 Å². The van der Waals surface area contributed by atoms with E-state index in [2.05, 4.69) is 10.6 Å². The number of amides is 1. The van der Waals surface area contributed by atoms with E-state index in [0.717, 1.165) is 24.4 Å². The molecule has 0 bridgehead atoms. The number of aryl methyl sites for hydroxylation is 1. The number of benzene rings is 3. The van der Waals surface area contributed by atoms with Crippen LogP contribution in [-0.2, 0) is 7.05 Å². The molecule has 0 spiro atoms. The summed E-state index contributed by atoms with van der Waals surface area (Å²) in [5.41, 5.74) is 2.42. The molecule has 196 valence electrons. The molecule has 2 N–H and O–H groups in total. The lowest BCUT2D eigenvalue weighted by molar-refractivity contribution is 0.102. The summed E-state index contributed by atoms with van der Waals surface area (Å²) in [4.78, 5) is 25.2. The number of nitrogens with one attached hydrogen (secondary N) is 2. The third-order valence-electron chi connectivity index (χ3n) is 5.66. The monoisotopic (exact) mass is 519 g/mol. The summed E-state index contributed by atoms with van der Waals surface area (Å²) in [7, 11) is 1.59. The van der Waals surface area contributed by atoms with Gasteiger partial charge in [-0.2, -0.15) is 0 Å². The first-order valence-corrected chi connectivity index (χ1v) is 12.0. The number of anilines is 2. The zero-order chi connectivity index (χ0) is 27.2. The Hall–Kier alpha value is -4.66. The number of carbonyl (C=O) groups excluding carboxylic acids is 1. The second-order valence-electron chi connectivity index (χ2n) is 8.38. The van der Waals surface area contributed by atoms with Gasteiger partial charge in [-0.25, -0.2) is 8.78 Å². The number of halogens is 2. The summed E-state index contributed by atoms with van der Waals surface area (Å²) in [5, 5.41) is 6.04. The minimum atomic E-state index is -0.875. The average Bonchev–Trinajstić information content (AvgIpc) is 2.89. The molecular formula is C29H27F2N3O4. The van der Waals surface area contributed by atoms with Crippen LogP contribution in [-0.4, -0.2) is 23.6 Å². The molecule has 4 rings (SSSR count). The van der Waals surface area contributed by atoms with E-state index in [-0.39, 0.29) is 23.0 Å². The molecule has 38 heavy (non-hydrogen) atoms. The lowest BCUT2D eigenvalue weighted by atomic mass is 10.0. The summed E-state index contributed by atoms with van der Waals surface area (Å²) in [6, 6.07) is 16.2. The average molecular weight is 520 g/mol. The van der Waals surface area contributed by atoms with Gasteiger partial charge in [-0.3, -0.25) is 9.59 Å². The Kier molecular flexibility index (Phi) is 8.06. The number of aromatic nitrogens is 1. The van der Waals surface area contributed by atoms with Crippen molar-refractivity contribution in [2.45, 2.75) is 13.8 Å². The third kappa shape index (κ3) is 6.00. The van der Waals surface area contributed by atoms with Crippen molar-refractivity contribution < 1.29 is 23.0 Å². The Morgan fingerprint density at radius 2 is 1.58 bits per heavy atom. The van der Waals surface area contributed by atoms with E-state index in [4.69, 9.17) is 9.47 Å². The van der Waals surface area contributed by atoms with Crippen molar-refractivity contribution in [3.8, 4) is 28.4 Å². The van der Waals surface area contributed by atoms with Crippen molar-refractivity contribution in [3.05, 3.63) is 100 Å². The van der Waals surface area contributed by atoms with E-state index in [0.29, 0.717) is 34.7 Å². The van der Waals surface area contributed by atoms with Gasteiger partial charge in [-0.1, -0.05) is 0 Å². The molecule has 0 unspecified atom stereocenters. The Morgan fingerprint density at radius 1 is 0.868 bits per heavy atom. The molecule has 0 saturated heterocycles. The quantitative estimate of drug-likeness (QED) is 0.275. The van der Waals surface area contributed by atoms with Crippen LogP contribution in [0.2, 0.25) is 0 Å². The number of pyridine rings is 1. The van der Waals surface area contributed by atoms with Crippen LogP contribution in [0, 0.1) is 11.6 Å². The Labute approximate surface area is 218 Å². The molecule has 0 saturated carbocycles. The van der Waals surface area contributed by atoms with E-state index in [1.165, 1.54) is 16.7 Å². The van der Waals surface area contributed by atoms with Gasteiger partial charge in [0.05, 0.1) is 6.61 Å². The lowest BCUT2D eigenvalue weighted by Gasteiger charge is -2.17. The van der Waals surface area contributed by atoms with E-state index in [1.807, 2.05) is 19.1 Å². The molecular weight excluding hydrogens is 492 g/mol. The first-order chi connectivity index (χ1) is 18.3. The smallest absolute Gasteiger partial charge is 0.255 e. The second-order valence-corrected chi connectivity index (χ2v) is 8.38. The SMILES string of the molecule is CCNc1ccc(C(=O)Nc2ccc(Oc3ccc(F)cc3F)c(-c3cn(C)c(=O)cc3OCC)c2)cc1. The van der Waals surface area contributed by atoms with E-state index in [9.17, 15) is 18.4 Å². The number of hydrogen-bond acceptors (Lipinski definition) is 5. The summed E-state index contributed by atoms with van der Waals surface area (Å²) in [6.07, 6.45) is 1.57. The van der Waals surface area contributed by atoms with Crippen LogP contribution in [0.1, 0.15) is 24.2 Å².